The largest absolute Gasteiger partial charge is 0.505 e. The van der Waals surface area contributed by atoms with Crippen LogP contribution in [0.5, 0.6) is 5.75 Å². The smallest absolute Gasteiger partial charge is 0.262 e. The van der Waals surface area contributed by atoms with E-state index in [0.717, 1.165) is 5.56 Å². The molecule has 2 aromatic carbocycles. The summed E-state index contributed by atoms with van der Waals surface area (Å²) in [4.78, 5) is 12.3. The fourth-order valence-electron chi connectivity index (χ4n) is 2.08. The number of carbonyl (C=O) groups is 1. The molecule has 24 heavy (non-hydrogen) atoms. The second kappa shape index (κ2) is 7.87. The highest BCUT2D eigenvalue weighted by Crippen LogP contribution is 2.33. The van der Waals surface area contributed by atoms with E-state index in [0.29, 0.717) is 5.56 Å². The van der Waals surface area contributed by atoms with Crippen LogP contribution in [0.2, 0.25) is 10.0 Å². The Balaban J connectivity index is 2.22. The number of carbonyl (C=O) groups excluding carboxylic acids is 1. The molecule has 1 atom stereocenters. The van der Waals surface area contributed by atoms with Crippen molar-refractivity contribution in [1.29, 1.82) is 5.26 Å². The van der Waals surface area contributed by atoms with Crippen molar-refractivity contribution in [1.82, 2.24) is 5.32 Å². The molecule has 1 amide bonds. The van der Waals surface area contributed by atoms with Crippen LogP contribution >= 0.6 is 23.2 Å². The van der Waals surface area contributed by atoms with Crippen LogP contribution in [-0.4, -0.2) is 11.0 Å². The summed E-state index contributed by atoms with van der Waals surface area (Å²) in [6.07, 6.45) is 1.37. The molecule has 122 valence electrons. The number of halogens is 2. The van der Waals surface area contributed by atoms with Gasteiger partial charge in [0.05, 0.1) is 16.1 Å². The molecule has 0 spiro atoms. The van der Waals surface area contributed by atoms with Crippen molar-refractivity contribution >= 4 is 35.2 Å². The van der Waals surface area contributed by atoms with E-state index in [-0.39, 0.29) is 27.4 Å². The maximum absolute atomic E-state index is 12.3. The lowest BCUT2D eigenvalue weighted by Gasteiger charge is -2.13. The monoisotopic (exact) mass is 360 g/mol. The van der Waals surface area contributed by atoms with Gasteiger partial charge in [-0.3, -0.25) is 4.79 Å². The predicted octanol–water partition coefficient (Wildman–Crippen LogP) is 4.48. The molecule has 0 unspecified atom stereocenters. The predicted molar refractivity (Wildman–Crippen MR) is 94.7 cm³/mol. The van der Waals surface area contributed by atoms with Crippen molar-refractivity contribution < 1.29 is 9.90 Å². The van der Waals surface area contributed by atoms with E-state index in [1.54, 1.807) is 0 Å². The summed E-state index contributed by atoms with van der Waals surface area (Å²) < 4.78 is 0. The summed E-state index contributed by atoms with van der Waals surface area (Å²) in [5.74, 6) is -0.745. The third-order valence-corrected chi connectivity index (χ3v) is 3.94. The Hall–Kier alpha value is -2.48. The van der Waals surface area contributed by atoms with Crippen molar-refractivity contribution in [2.75, 3.05) is 0 Å². The molecule has 0 aliphatic carbocycles. The van der Waals surface area contributed by atoms with Crippen LogP contribution < -0.4 is 5.32 Å². The standard InChI is InChI=1S/C18H14Cl2N2O2/c1-11(13-5-3-2-4-6-13)22-18(24)14(10-21)7-12-8-15(19)17(23)16(20)9-12/h2-9,11,23H,1H3,(H,22,24)/b14-7-/t11-/m1/s1. The van der Waals surface area contributed by atoms with E-state index in [4.69, 9.17) is 23.2 Å². The van der Waals surface area contributed by atoms with Crippen molar-refractivity contribution in [3.05, 3.63) is 69.2 Å². The Morgan fingerprint density at radius 3 is 2.38 bits per heavy atom. The lowest BCUT2D eigenvalue weighted by atomic mass is 10.1. The number of hydrogen-bond donors (Lipinski definition) is 2. The van der Waals surface area contributed by atoms with Gasteiger partial charge in [0, 0.05) is 0 Å². The molecule has 0 aliphatic heterocycles. The van der Waals surface area contributed by atoms with E-state index < -0.39 is 5.91 Å². The van der Waals surface area contributed by atoms with Crippen LogP contribution in [0.3, 0.4) is 0 Å². The zero-order valence-electron chi connectivity index (χ0n) is 12.8. The van der Waals surface area contributed by atoms with Crippen LogP contribution in [0.15, 0.2) is 48.0 Å². The average molecular weight is 361 g/mol. The van der Waals surface area contributed by atoms with E-state index in [9.17, 15) is 15.2 Å². The number of aromatic hydroxyl groups is 1. The van der Waals surface area contributed by atoms with Gasteiger partial charge in [-0.25, -0.2) is 0 Å². The SMILES string of the molecule is C[C@@H](NC(=O)/C(C#N)=C\c1cc(Cl)c(O)c(Cl)c1)c1ccccc1. The quantitative estimate of drug-likeness (QED) is 0.623. The second-order valence-electron chi connectivity index (χ2n) is 5.11. The minimum atomic E-state index is -0.505. The molecule has 0 bridgehead atoms. The fourth-order valence-corrected chi connectivity index (χ4v) is 2.59. The van der Waals surface area contributed by atoms with Gasteiger partial charge in [0.25, 0.3) is 5.91 Å². The summed E-state index contributed by atoms with van der Waals surface area (Å²) in [6, 6.07) is 13.9. The molecule has 0 heterocycles. The van der Waals surface area contributed by atoms with E-state index >= 15 is 0 Å². The lowest BCUT2D eigenvalue weighted by Crippen LogP contribution is -2.27. The van der Waals surface area contributed by atoms with Crippen molar-refractivity contribution in [3.8, 4) is 11.8 Å². The van der Waals surface area contributed by atoms with Gasteiger partial charge < -0.3 is 10.4 Å². The minimum Gasteiger partial charge on any atom is -0.505 e. The molecule has 0 saturated heterocycles. The molecular weight excluding hydrogens is 347 g/mol. The molecule has 2 aromatic rings. The van der Waals surface area contributed by atoms with Crippen molar-refractivity contribution in [2.45, 2.75) is 13.0 Å². The Kier molecular flexibility index (Phi) is 5.86. The first kappa shape index (κ1) is 17.9. The molecular formula is C18H14Cl2N2O2. The highest BCUT2D eigenvalue weighted by atomic mass is 35.5. The number of nitrogens with one attached hydrogen (secondary N) is 1. The fraction of sp³-hybridized carbons (Fsp3) is 0.111. The van der Waals surface area contributed by atoms with Crippen molar-refractivity contribution in [3.63, 3.8) is 0 Å². The minimum absolute atomic E-state index is 0.0455. The first-order chi connectivity index (χ1) is 11.4. The highest BCUT2D eigenvalue weighted by Gasteiger charge is 2.14. The zero-order valence-corrected chi connectivity index (χ0v) is 14.3. The summed E-state index contributed by atoms with van der Waals surface area (Å²) in [5, 5.41) is 21.6. The number of phenolic OH excluding ortho intramolecular Hbond substituents is 1. The first-order valence-corrected chi connectivity index (χ1v) is 7.83. The van der Waals surface area contributed by atoms with Gasteiger partial charge in [-0.15, -0.1) is 0 Å². The maximum Gasteiger partial charge on any atom is 0.262 e. The highest BCUT2D eigenvalue weighted by molar-refractivity contribution is 6.37. The number of phenols is 1. The van der Waals surface area contributed by atoms with Crippen LogP contribution in [0.4, 0.5) is 0 Å². The summed E-state index contributed by atoms with van der Waals surface area (Å²) >= 11 is 11.7. The van der Waals surface area contributed by atoms with Crippen LogP contribution in [0.1, 0.15) is 24.1 Å². The van der Waals surface area contributed by atoms with Crippen LogP contribution in [0, 0.1) is 11.3 Å². The molecule has 0 aromatic heterocycles. The Bertz CT molecular complexity index is 804. The number of nitrogens with zero attached hydrogens (tertiary/aromatic N) is 1. The summed E-state index contributed by atoms with van der Waals surface area (Å²) in [6.45, 7) is 1.83. The molecule has 2 rings (SSSR count). The zero-order chi connectivity index (χ0) is 17.7. The van der Waals surface area contributed by atoms with Gasteiger partial charge in [-0.1, -0.05) is 53.5 Å². The topological polar surface area (TPSA) is 73.1 Å². The Morgan fingerprint density at radius 2 is 1.83 bits per heavy atom. The van der Waals surface area contributed by atoms with E-state index in [2.05, 4.69) is 5.32 Å². The Labute approximate surface area is 149 Å². The third kappa shape index (κ3) is 4.29. The molecule has 0 fully saturated rings. The molecule has 0 saturated carbocycles. The van der Waals surface area contributed by atoms with Gasteiger partial charge in [-0.2, -0.15) is 5.26 Å². The van der Waals surface area contributed by atoms with Gasteiger partial charge in [-0.05, 0) is 36.3 Å². The second-order valence-corrected chi connectivity index (χ2v) is 5.92. The molecule has 4 nitrogen and oxygen atoms in total. The van der Waals surface area contributed by atoms with Gasteiger partial charge >= 0.3 is 0 Å². The van der Waals surface area contributed by atoms with E-state index in [1.807, 2.05) is 43.3 Å². The van der Waals surface area contributed by atoms with Gasteiger partial charge in [0.15, 0.2) is 5.75 Å². The summed E-state index contributed by atoms with van der Waals surface area (Å²) in [7, 11) is 0. The number of benzene rings is 2. The normalized spacial score (nSPS) is 12.3. The maximum atomic E-state index is 12.3. The molecule has 6 heteroatoms. The van der Waals surface area contributed by atoms with Crippen LogP contribution in [0.25, 0.3) is 6.08 Å². The van der Waals surface area contributed by atoms with Gasteiger partial charge in [0.2, 0.25) is 0 Å². The lowest BCUT2D eigenvalue weighted by molar-refractivity contribution is -0.117. The first-order valence-electron chi connectivity index (χ1n) is 7.08. The van der Waals surface area contributed by atoms with Crippen molar-refractivity contribution in [2.24, 2.45) is 0 Å². The Morgan fingerprint density at radius 1 is 1.25 bits per heavy atom. The van der Waals surface area contributed by atoms with Crippen LogP contribution in [-0.2, 0) is 4.79 Å². The molecule has 0 aliphatic rings. The van der Waals surface area contributed by atoms with Gasteiger partial charge in [0.1, 0.15) is 11.6 Å². The average Bonchev–Trinajstić information content (AvgIpc) is 2.58. The number of amides is 1. The third-order valence-electron chi connectivity index (χ3n) is 3.36. The summed E-state index contributed by atoms with van der Waals surface area (Å²) in [5.41, 5.74) is 1.29. The number of rotatable bonds is 4. The number of nitriles is 1. The number of hydrogen-bond acceptors (Lipinski definition) is 3. The molecule has 0 radical (unpaired) electrons. The molecule has 2 N–H and O–H groups in total. The van der Waals surface area contributed by atoms with E-state index in [1.165, 1.54) is 18.2 Å².